The third-order valence-corrected chi connectivity index (χ3v) is 3.98. The molecule has 0 atom stereocenters. The smallest absolute Gasteiger partial charge is 0.0522 e. The fourth-order valence-corrected chi connectivity index (χ4v) is 2.75. The van der Waals surface area contributed by atoms with E-state index in [0.29, 0.717) is 0 Å². The van der Waals surface area contributed by atoms with Crippen LogP contribution in [0.5, 0.6) is 0 Å². The Morgan fingerprint density at radius 2 is 2.21 bits per heavy atom. The van der Waals surface area contributed by atoms with Crippen molar-refractivity contribution >= 4 is 11.8 Å². The standard InChI is InChI=1S/C12H16OS/c1-12(2,8-13)10-3-4-11-9(7-10)5-6-14-11/h3-4,7,13H,5-6,8H2,1-2H3. The summed E-state index contributed by atoms with van der Waals surface area (Å²) >= 11 is 1.93. The van der Waals surface area contributed by atoms with Gasteiger partial charge in [0.15, 0.2) is 0 Å². The van der Waals surface area contributed by atoms with Crippen molar-refractivity contribution in [3.63, 3.8) is 0 Å². The fraction of sp³-hybridized carbons (Fsp3) is 0.500. The average Bonchev–Trinajstić information content (AvgIpc) is 2.64. The van der Waals surface area contributed by atoms with Crippen LogP contribution in [0.2, 0.25) is 0 Å². The summed E-state index contributed by atoms with van der Waals surface area (Å²) in [5.74, 6) is 1.21. The first kappa shape index (κ1) is 10.1. The highest BCUT2D eigenvalue weighted by Crippen LogP contribution is 2.34. The van der Waals surface area contributed by atoms with E-state index < -0.39 is 0 Å². The number of hydrogen-bond acceptors (Lipinski definition) is 2. The van der Waals surface area contributed by atoms with Gasteiger partial charge in [-0.05, 0) is 23.6 Å². The van der Waals surface area contributed by atoms with Crippen LogP contribution in [0, 0.1) is 0 Å². The summed E-state index contributed by atoms with van der Waals surface area (Å²) in [6.07, 6.45) is 1.18. The van der Waals surface area contributed by atoms with Crippen molar-refractivity contribution in [1.29, 1.82) is 0 Å². The average molecular weight is 208 g/mol. The summed E-state index contributed by atoms with van der Waals surface area (Å²) in [6, 6.07) is 6.60. The SMILES string of the molecule is CC(C)(CO)c1ccc2c(c1)CCS2. The van der Waals surface area contributed by atoms with Crippen molar-refractivity contribution in [3.8, 4) is 0 Å². The topological polar surface area (TPSA) is 20.2 Å². The third-order valence-electron chi connectivity index (χ3n) is 2.87. The molecule has 1 N–H and O–H groups in total. The zero-order valence-corrected chi connectivity index (χ0v) is 9.53. The Kier molecular flexibility index (Phi) is 2.58. The van der Waals surface area contributed by atoms with Crippen molar-refractivity contribution in [2.24, 2.45) is 0 Å². The quantitative estimate of drug-likeness (QED) is 0.806. The van der Waals surface area contributed by atoms with Crippen LogP contribution in [-0.2, 0) is 11.8 Å². The predicted molar refractivity (Wildman–Crippen MR) is 61.0 cm³/mol. The van der Waals surface area contributed by atoms with Crippen LogP contribution in [0.3, 0.4) is 0 Å². The van der Waals surface area contributed by atoms with Crippen LogP contribution in [0.4, 0.5) is 0 Å². The Balaban J connectivity index is 2.38. The van der Waals surface area contributed by atoms with Gasteiger partial charge < -0.3 is 5.11 Å². The molecule has 14 heavy (non-hydrogen) atoms. The van der Waals surface area contributed by atoms with E-state index in [2.05, 4.69) is 32.0 Å². The second-order valence-corrected chi connectivity index (χ2v) is 5.60. The van der Waals surface area contributed by atoms with Gasteiger partial charge in [0.2, 0.25) is 0 Å². The van der Waals surface area contributed by atoms with Crippen molar-refractivity contribution in [2.75, 3.05) is 12.4 Å². The first-order chi connectivity index (χ1) is 6.63. The minimum Gasteiger partial charge on any atom is -0.395 e. The van der Waals surface area contributed by atoms with Gasteiger partial charge in [0.25, 0.3) is 0 Å². The van der Waals surface area contributed by atoms with E-state index >= 15 is 0 Å². The number of benzene rings is 1. The number of rotatable bonds is 2. The molecule has 1 aliphatic rings. The lowest BCUT2D eigenvalue weighted by Crippen LogP contribution is -2.22. The first-order valence-corrected chi connectivity index (χ1v) is 5.99. The number of fused-ring (bicyclic) bond motifs is 1. The Labute approximate surface area is 89.5 Å². The van der Waals surface area contributed by atoms with E-state index in [-0.39, 0.29) is 12.0 Å². The van der Waals surface area contributed by atoms with Crippen LogP contribution < -0.4 is 0 Å². The van der Waals surface area contributed by atoms with Crippen molar-refractivity contribution in [2.45, 2.75) is 30.6 Å². The zero-order valence-electron chi connectivity index (χ0n) is 8.71. The van der Waals surface area contributed by atoms with Gasteiger partial charge in [-0.15, -0.1) is 11.8 Å². The second kappa shape index (κ2) is 3.59. The molecule has 2 heteroatoms. The maximum absolute atomic E-state index is 9.29. The summed E-state index contributed by atoms with van der Waals surface area (Å²) in [5, 5.41) is 9.29. The summed E-state index contributed by atoms with van der Waals surface area (Å²) < 4.78 is 0. The largest absolute Gasteiger partial charge is 0.395 e. The van der Waals surface area contributed by atoms with Gasteiger partial charge in [-0.2, -0.15) is 0 Å². The molecule has 0 bridgehead atoms. The Bertz CT molecular complexity index is 344. The molecule has 1 aromatic carbocycles. The number of aliphatic hydroxyl groups is 1. The molecule has 0 aliphatic carbocycles. The predicted octanol–water partition coefficient (Wildman–Crippen LogP) is 2.60. The van der Waals surface area contributed by atoms with Crippen LogP contribution in [-0.4, -0.2) is 17.5 Å². The minimum atomic E-state index is -0.109. The Hall–Kier alpha value is -0.470. The van der Waals surface area contributed by atoms with E-state index in [1.54, 1.807) is 0 Å². The maximum atomic E-state index is 9.29. The molecule has 0 aromatic heterocycles. The minimum absolute atomic E-state index is 0.109. The molecule has 1 aliphatic heterocycles. The fourth-order valence-electron chi connectivity index (χ4n) is 1.70. The van der Waals surface area contributed by atoms with Gasteiger partial charge in [-0.25, -0.2) is 0 Å². The molecule has 1 aromatic rings. The molecule has 0 radical (unpaired) electrons. The van der Waals surface area contributed by atoms with E-state index in [0.717, 1.165) is 0 Å². The molecule has 0 saturated heterocycles. The van der Waals surface area contributed by atoms with Crippen LogP contribution in [0.15, 0.2) is 23.1 Å². The van der Waals surface area contributed by atoms with E-state index in [9.17, 15) is 5.11 Å². The molecule has 0 fully saturated rings. The van der Waals surface area contributed by atoms with Gasteiger partial charge in [-0.1, -0.05) is 26.0 Å². The lowest BCUT2D eigenvalue weighted by atomic mass is 9.84. The zero-order chi connectivity index (χ0) is 10.2. The Morgan fingerprint density at radius 3 is 2.93 bits per heavy atom. The van der Waals surface area contributed by atoms with Crippen LogP contribution in [0.1, 0.15) is 25.0 Å². The highest BCUT2D eigenvalue weighted by molar-refractivity contribution is 7.99. The summed E-state index contributed by atoms with van der Waals surface area (Å²) in [5.41, 5.74) is 2.60. The number of thioether (sulfide) groups is 1. The van der Waals surface area contributed by atoms with Crippen LogP contribution in [0.25, 0.3) is 0 Å². The van der Waals surface area contributed by atoms with Crippen LogP contribution >= 0.6 is 11.8 Å². The molecule has 76 valence electrons. The molecule has 2 rings (SSSR count). The van der Waals surface area contributed by atoms with Gasteiger partial charge in [0, 0.05) is 16.1 Å². The van der Waals surface area contributed by atoms with Crippen molar-refractivity contribution in [3.05, 3.63) is 29.3 Å². The molecular weight excluding hydrogens is 192 g/mol. The van der Waals surface area contributed by atoms with Crippen molar-refractivity contribution in [1.82, 2.24) is 0 Å². The number of aliphatic hydroxyl groups excluding tert-OH is 1. The molecule has 0 unspecified atom stereocenters. The molecule has 0 saturated carbocycles. The van der Waals surface area contributed by atoms with Gasteiger partial charge in [0.1, 0.15) is 0 Å². The lowest BCUT2D eigenvalue weighted by Gasteiger charge is -2.22. The normalized spacial score (nSPS) is 15.6. The molecule has 1 nitrogen and oxygen atoms in total. The maximum Gasteiger partial charge on any atom is 0.0522 e. The monoisotopic (exact) mass is 208 g/mol. The molecule has 0 amide bonds. The third kappa shape index (κ3) is 1.69. The second-order valence-electron chi connectivity index (χ2n) is 4.46. The summed E-state index contributed by atoms with van der Waals surface area (Å²) in [4.78, 5) is 1.42. The first-order valence-electron chi connectivity index (χ1n) is 5.00. The molecular formula is C12H16OS. The van der Waals surface area contributed by atoms with E-state index in [1.165, 1.54) is 28.2 Å². The number of aryl methyl sites for hydroxylation is 1. The van der Waals surface area contributed by atoms with E-state index in [4.69, 9.17) is 0 Å². The van der Waals surface area contributed by atoms with Gasteiger partial charge in [0.05, 0.1) is 6.61 Å². The Morgan fingerprint density at radius 1 is 1.43 bits per heavy atom. The highest BCUT2D eigenvalue weighted by Gasteiger charge is 2.21. The molecule has 1 heterocycles. The van der Waals surface area contributed by atoms with E-state index in [1.807, 2.05) is 11.8 Å². The van der Waals surface area contributed by atoms with Crippen molar-refractivity contribution < 1.29 is 5.11 Å². The highest BCUT2D eigenvalue weighted by atomic mass is 32.2. The lowest BCUT2D eigenvalue weighted by molar-refractivity contribution is 0.218. The molecule has 0 spiro atoms. The van der Waals surface area contributed by atoms with Gasteiger partial charge in [-0.3, -0.25) is 0 Å². The number of hydrogen-bond donors (Lipinski definition) is 1. The van der Waals surface area contributed by atoms with Gasteiger partial charge >= 0.3 is 0 Å². The summed E-state index contributed by atoms with van der Waals surface area (Å²) in [6.45, 7) is 4.37. The summed E-state index contributed by atoms with van der Waals surface area (Å²) in [7, 11) is 0.